The summed E-state index contributed by atoms with van der Waals surface area (Å²) in [6.07, 6.45) is 2.21. The molecule has 260 valence electrons. The Kier molecular flexibility index (Phi) is 12.3. The standard InChI is InChI=1S/C30H46N7O9P/c1-5-20(6-2)14-43-28(40)18(3)35-47(42,36-19(4)29(41)45-21-10-8-7-9-11-21)44-16-30(15-31)26(39)24(38)25(46-30)22-12-13-23-27(32)33-17-34-37(22)23/h12-13,17-21,24-26,38-39H,5-11,14,16H2,1-4H3,(H2,32,33,34)(H2,35,36,42)/t18-,19-,24-,25-,26-,30+,47-/m0/s1. The fraction of sp³-hybridized carbons (Fsp3) is 0.700. The number of fused-ring (bicyclic) bond motifs is 1. The van der Waals surface area contributed by atoms with Crippen LogP contribution in [0.4, 0.5) is 5.82 Å². The summed E-state index contributed by atoms with van der Waals surface area (Å²) in [6, 6.07) is 2.66. The lowest BCUT2D eigenvalue weighted by Gasteiger charge is -2.30. The zero-order valence-electron chi connectivity index (χ0n) is 27.2. The Bertz CT molecular complexity index is 1480. The molecule has 1 aliphatic carbocycles. The SMILES string of the molecule is CCC(CC)COC(=O)[C@H](C)N[P@@](=O)(N[C@@H](C)C(=O)OC1CCCCC1)OC[C@@]1(C#N)O[C@@H](c2ccc3c(N)ncnn23)[C@H](O)[C@@H]1O. The first-order valence-electron chi connectivity index (χ1n) is 16.1. The third-order valence-corrected chi connectivity index (χ3v) is 10.7. The number of nitrogens with two attached hydrogens (primary N) is 1. The minimum Gasteiger partial charge on any atom is -0.464 e. The Morgan fingerprint density at radius 3 is 2.47 bits per heavy atom. The summed E-state index contributed by atoms with van der Waals surface area (Å²) in [5.74, 6) is -1.06. The fourth-order valence-electron chi connectivity index (χ4n) is 5.69. The van der Waals surface area contributed by atoms with E-state index in [1.807, 2.05) is 19.9 Å². The topological polar surface area (TPSA) is 233 Å². The molecule has 47 heavy (non-hydrogen) atoms. The number of nitriles is 1. The molecule has 0 amide bonds. The van der Waals surface area contributed by atoms with Gasteiger partial charge in [-0.3, -0.25) is 14.2 Å². The van der Waals surface area contributed by atoms with Crippen LogP contribution in [-0.4, -0.2) is 86.0 Å². The quantitative estimate of drug-likeness (QED) is 0.134. The summed E-state index contributed by atoms with van der Waals surface area (Å²) in [7, 11) is -4.40. The van der Waals surface area contributed by atoms with Crippen LogP contribution < -0.4 is 15.9 Å². The van der Waals surface area contributed by atoms with E-state index in [-0.39, 0.29) is 30.1 Å². The monoisotopic (exact) mass is 679 g/mol. The molecule has 2 aromatic rings. The highest BCUT2D eigenvalue weighted by Gasteiger charge is 2.57. The van der Waals surface area contributed by atoms with E-state index >= 15 is 0 Å². The van der Waals surface area contributed by atoms with Crippen molar-refractivity contribution in [2.75, 3.05) is 18.9 Å². The van der Waals surface area contributed by atoms with Gasteiger partial charge in [0.25, 0.3) is 0 Å². The molecule has 1 saturated heterocycles. The van der Waals surface area contributed by atoms with Crippen molar-refractivity contribution < 1.29 is 43.1 Å². The maximum atomic E-state index is 14.3. The molecule has 0 unspecified atom stereocenters. The van der Waals surface area contributed by atoms with Crippen LogP contribution in [-0.2, 0) is 32.9 Å². The van der Waals surface area contributed by atoms with E-state index in [0.29, 0.717) is 5.52 Å². The predicted molar refractivity (Wildman–Crippen MR) is 168 cm³/mol. The number of nitrogens with one attached hydrogen (secondary N) is 2. The normalized spacial score (nSPS) is 26.0. The van der Waals surface area contributed by atoms with Crippen molar-refractivity contribution in [3.8, 4) is 6.07 Å². The Morgan fingerprint density at radius 2 is 1.83 bits per heavy atom. The first-order valence-corrected chi connectivity index (χ1v) is 17.7. The Hall–Kier alpha value is -3.16. The summed E-state index contributed by atoms with van der Waals surface area (Å²) < 4.78 is 38.4. The van der Waals surface area contributed by atoms with Gasteiger partial charge in [-0.1, -0.05) is 33.1 Å². The highest BCUT2D eigenvalue weighted by Crippen LogP contribution is 2.45. The Labute approximate surface area is 273 Å². The van der Waals surface area contributed by atoms with Crippen LogP contribution in [0.5, 0.6) is 0 Å². The van der Waals surface area contributed by atoms with Crippen LogP contribution in [0.25, 0.3) is 5.52 Å². The van der Waals surface area contributed by atoms with E-state index in [0.717, 1.165) is 44.9 Å². The lowest BCUT2D eigenvalue weighted by Crippen LogP contribution is -2.48. The number of aliphatic hydroxyl groups is 2. The van der Waals surface area contributed by atoms with Crippen LogP contribution in [0.2, 0.25) is 0 Å². The van der Waals surface area contributed by atoms with Gasteiger partial charge in [0.15, 0.2) is 5.82 Å². The second-order valence-electron chi connectivity index (χ2n) is 12.2. The largest absolute Gasteiger partial charge is 0.464 e. The average Bonchev–Trinajstić information content (AvgIpc) is 3.60. The Balaban J connectivity index is 1.53. The molecule has 2 aromatic heterocycles. The summed E-state index contributed by atoms with van der Waals surface area (Å²) in [5, 5.41) is 41.6. The highest BCUT2D eigenvalue weighted by atomic mass is 31.2. The van der Waals surface area contributed by atoms with Gasteiger partial charge in [-0.25, -0.2) is 19.7 Å². The molecule has 1 saturated carbocycles. The number of anilines is 1. The Morgan fingerprint density at radius 1 is 1.17 bits per heavy atom. The van der Waals surface area contributed by atoms with Gasteiger partial charge in [-0.2, -0.15) is 10.4 Å². The molecule has 4 rings (SSSR count). The molecular formula is C30H46N7O9P. The van der Waals surface area contributed by atoms with E-state index in [1.165, 1.54) is 24.7 Å². The minimum atomic E-state index is -4.40. The molecule has 0 radical (unpaired) electrons. The highest BCUT2D eigenvalue weighted by molar-refractivity contribution is 7.54. The second-order valence-corrected chi connectivity index (χ2v) is 14.1. The number of aliphatic hydroxyl groups excluding tert-OH is 2. The zero-order valence-corrected chi connectivity index (χ0v) is 28.1. The van der Waals surface area contributed by atoms with Gasteiger partial charge in [0.2, 0.25) is 5.60 Å². The van der Waals surface area contributed by atoms with Crippen molar-refractivity contribution in [2.24, 2.45) is 5.92 Å². The zero-order chi connectivity index (χ0) is 34.4. The van der Waals surface area contributed by atoms with Gasteiger partial charge in [-0.05, 0) is 57.6 Å². The first kappa shape index (κ1) is 36.7. The van der Waals surface area contributed by atoms with Gasteiger partial charge in [0.05, 0.1) is 12.3 Å². The smallest absolute Gasteiger partial charge is 0.342 e. The molecule has 17 heteroatoms. The molecular weight excluding hydrogens is 633 g/mol. The number of ether oxygens (including phenoxy) is 3. The van der Waals surface area contributed by atoms with Crippen LogP contribution in [0.1, 0.15) is 84.4 Å². The maximum Gasteiger partial charge on any atom is 0.342 e. The maximum absolute atomic E-state index is 14.3. The molecule has 6 N–H and O–H groups in total. The summed E-state index contributed by atoms with van der Waals surface area (Å²) in [4.78, 5) is 29.8. The van der Waals surface area contributed by atoms with Crippen molar-refractivity contribution in [3.63, 3.8) is 0 Å². The number of carbonyl (C=O) groups is 2. The van der Waals surface area contributed by atoms with Crippen molar-refractivity contribution >= 4 is 30.9 Å². The number of aromatic nitrogens is 3. The predicted octanol–water partition coefficient (Wildman–Crippen LogP) is 2.30. The van der Waals surface area contributed by atoms with Crippen LogP contribution >= 0.6 is 7.67 Å². The third kappa shape index (κ3) is 8.47. The number of hydrogen-bond acceptors (Lipinski definition) is 13. The molecule has 2 fully saturated rings. The number of hydrogen-bond donors (Lipinski definition) is 5. The van der Waals surface area contributed by atoms with E-state index in [9.17, 15) is 29.6 Å². The number of esters is 2. The van der Waals surface area contributed by atoms with Crippen molar-refractivity contribution in [3.05, 3.63) is 24.2 Å². The number of nitrogen functional groups attached to an aromatic ring is 1. The summed E-state index contributed by atoms with van der Waals surface area (Å²) in [5.41, 5.74) is 4.38. The van der Waals surface area contributed by atoms with Crippen molar-refractivity contribution in [1.82, 2.24) is 24.8 Å². The van der Waals surface area contributed by atoms with Crippen LogP contribution in [0.3, 0.4) is 0 Å². The van der Waals surface area contributed by atoms with E-state index in [2.05, 4.69) is 20.3 Å². The molecule has 7 atom stereocenters. The molecule has 3 heterocycles. The van der Waals surface area contributed by atoms with Crippen molar-refractivity contribution in [1.29, 1.82) is 5.26 Å². The van der Waals surface area contributed by atoms with Gasteiger partial charge < -0.3 is 34.7 Å². The number of nitrogens with zero attached hydrogens (tertiary/aromatic N) is 4. The van der Waals surface area contributed by atoms with Gasteiger partial charge >= 0.3 is 19.6 Å². The molecule has 1 aliphatic heterocycles. The summed E-state index contributed by atoms with van der Waals surface area (Å²) in [6.45, 7) is 6.16. The van der Waals surface area contributed by atoms with Crippen molar-refractivity contribution in [2.45, 2.75) is 115 Å². The molecule has 0 aromatic carbocycles. The van der Waals surface area contributed by atoms with Gasteiger partial charge in [0, 0.05) is 0 Å². The van der Waals surface area contributed by atoms with E-state index in [1.54, 1.807) is 12.1 Å². The number of rotatable bonds is 15. The fourth-order valence-corrected chi connectivity index (χ4v) is 7.52. The molecule has 2 aliphatic rings. The number of carbonyl (C=O) groups excluding carboxylic acids is 2. The lowest BCUT2D eigenvalue weighted by molar-refractivity contribution is -0.152. The lowest BCUT2D eigenvalue weighted by atomic mass is 9.96. The molecule has 16 nitrogen and oxygen atoms in total. The second kappa shape index (κ2) is 15.8. The van der Waals surface area contributed by atoms with Crippen LogP contribution in [0, 0.1) is 17.2 Å². The van der Waals surface area contributed by atoms with Gasteiger partial charge in [-0.15, -0.1) is 0 Å². The molecule has 0 bridgehead atoms. The minimum absolute atomic E-state index is 0.151. The summed E-state index contributed by atoms with van der Waals surface area (Å²) >= 11 is 0. The van der Waals surface area contributed by atoms with E-state index < -0.39 is 62.2 Å². The van der Waals surface area contributed by atoms with E-state index in [4.69, 9.17) is 24.5 Å². The van der Waals surface area contributed by atoms with Crippen LogP contribution in [0.15, 0.2) is 18.5 Å². The molecule has 0 spiro atoms. The third-order valence-electron chi connectivity index (χ3n) is 8.79. The average molecular weight is 680 g/mol. The first-order chi connectivity index (χ1) is 22.4. The van der Waals surface area contributed by atoms with Gasteiger partial charge in [0.1, 0.15) is 61.0 Å².